The molecule has 3 amide bonds. The van der Waals surface area contributed by atoms with Crippen molar-refractivity contribution in [3.8, 4) is 0 Å². The Balaban J connectivity index is -0.000000709. The van der Waals surface area contributed by atoms with Crippen LogP contribution in [0.3, 0.4) is 0 Å². The van der Waals surface area contributed by atoms with Gasteiger partial charge in [-0.3, -0.25) is 9.59 Å². The highest BCUT2D eigenvalue weighted by molar-refractivity contribution is 7.80. The molecule has 0 aliphatic carbocycles. The highest BCUT2D eigenvalue weighted by atomic mass is 32.1. The molecule has 11 nitrogen and oxygen atoms in total. The lowest BCUT2D eigenvalue weighted by Crippen LogP contribution is -2.44. The van der Waals surface area contributed by atoms with Crippen molar-refractivity contribution in [2.24, 2.45) is 5.73 Å². The lowest BCUT2D eigenvalue weighted by Gasteiger charge is -2.22. The van der Waals surface area contributed by atoms with Crippen molar-refractivity contribution >= 4 is 30.5 Å². The summed E-state index contributed by atoms with van der Waals surface area (Å²) in [6, 6.07) is 7.71. The Morgan fingerprint density at radius 2 is 1.70 bits per heavy atom. The molecule has 264 valence electrons. The third-order valence-electron chi connectivity index (χ3n) is 5.07. The second-order valence-electron chi connectivity index (χ2n) is 10.5. The van der Waals surface area contributed by atoms with Gasteiger partial charge in [-0.05, 0) is 37.5 Å². The Bertz CT molecular complexity index is 1030. The number of rotatable bonds is 15. The van der Waals surface area contributed by atoms with Gasteiger partial charge in [-0.15, -0.1) is 12.6 Å². The second-order valence-corrected chi connectivity index (χ2v) is 11.0. The zero-order valence-electron chi connectivity index (χ0n) is 29.4. The summed E-state index contributed by atoms with van der Waals surface area (Å²) in [5, 5.41) is 16.8. The largest absolute Gasteiger partial charge is 0.444 e. The number of nitrogens with two attached hydrogens (primary N) is 1. The fourth-order valence-electron chi connectivity index (χ4n) is 3.07. The van der Waals surface area contributed by atoms with Crippen molar-refractivity contribution in [2.45, 2.75) is 91.1 Å². The molecule has 0 saturated heterocycles. The smallest absolute Gasteiger partial charge is 0.408 e. The van der Waals surface area contributed by atoms with E-state index in [0.29, 0.717) is 13.2 Å². The molecule has 0 saturated carbocycles. The first-order chi connectivity index (χ1) is 21.7. The maximum Gasteiger partial charge on any atom is 0.408 e. The molecular weight excluding hydrogens is 608 g/mol. The average Bonchev–Trinajstić information content (AvgIpc) is 3.01. The van der Waals surface area contributed by atoms with Crippen LogP contribution in [0.1, 0.15) is 77.8 Å². The van der Waals surface area contributed by atoms with Crippen molar-refractivity contribution in [3.63, 3.8) is 0 Å². The van der Waals surface area contributed by atoms with Crippen LogP contribution in [0.25, 0.3) is 0 Å². The summed E-state index contributed by atoms with van der Waals surface area (Å²) < 4.78 is 15.2. The summed E-state index contributed by atoms with van der Waals surface area (Å²) in [5.74, 6) is -0.824. The number of aliphatic hydroxyl groups is 1. The molecule has 6 N–H and O–H groups in total. The summed E-state index contributed by atoms with van der Waals surface area (Å²) in [6.07, 6.45) is 4.08. The summed E-state index contributed by atoms with van der Waals surface area (Å²) >= 11 is 4.37. The molecule has 0 bridgehead atoms. The third-order valence-corrected chi connectivity index (χ3v) is 5.50. The summed E-state index contributed by atoms with van der Waals surface area (Å²) in [5.41, 5.74) is 7.49. The van der Waals surface area contributed by atoms with Crippen LogP contribution in [-0.4, -0.2) is 74.7 Å². The fourth-order valence-corrected chi connectivity index (χ4v) is 3.34. The Morgan fingerprint density at radius 3 is 2.17 bits per heavy atom. The number of hydrogen-bond acceptors (Lipinski definition) is 9. The molecule has 3 unspecified atom stereocenters. The Hall–Kier alpha value is -3.16. The van der Waals surface area contributed by atoms with E-state index in [1.54, 1.807) is 25.3 Å². The van der Waals surface area contributed by atoms with Gasteiger partial charge in [0.1, 0.15) is 17.1 Å². The van der Waals surface area contributed by atoms with Crippen molar-refractivity contribution in [1.82, 2.24) is 16.0 Å². The molecule has 0 heterocycles. The van der Waals surface area contributed by atoms with E-state index in [1.165, 1.54) is 13.5 Å². The lowest BCUT2D eigenvalue weighted by molar-refractivity contribution is -0.134. The fraction of sp³-hybridized carbons (Fsp3) is 0.559. The standard InChI is InChI=1S/C15H25N3O4.C14H21NO3S.C3H8.C2H6/c1-4-6-11(5-2)9-17-14(20)10-18-15(21)13(22-3)7-12(19)8-16;1-14(2,3)18-13(16)15-12(19)11-7-5-6-10(8-11)9-17-4;1-3-2;1-2/h4-6,12-13,19H,1-2,7-10,16H2,3H3,(H,17,20)(H,18,21);5-8,12,19H,9H2,1-4H3,(H,15,16);3H2,1-2H3;1-2H3/b11-6+;;;. The van der Waals surface area contributed by atoms with E-state index in [1.807, 2.05) is 58.9 Å². The minimum absolute atomic E-state index is 0.0353. The first-order valence-electron chi connectivity index (χ1n) is 15.4. The van der Waals surface area contributed by atoms with E-state index in [4.69, 9.17) is 19.9 Å². The summed E-state index contributed by atoms with van der Waals surface area (Å²) in [4.78, 5) is 35.1. The second kappa shape index (κ2) is 29.3. The molecule has 46 heavy (non-hydrogen) atoms. The number of alkyl carbamates (subject to hydrolysis) is 1. The molecule has 0 aromatic heterocycles. The van der Waals surface area contributed by atoms with Crippen LogP contribution in [0.2, 0.25) is 0 Å². The molecule has 0 radical (unpaired) electrons. The number of aliphatic hydroxyl groups excluding tert-OH is 1. The number of carbonyl (C=O) groups excluding carboxylic acids is 3. The van der Waals surface area contributed by atoms with E-state index in [2.05, 4.69) is 55.6 Å². The van der Waals surface area contributed by atoms with Gasteiger partial charge in [0.2, 0.25) is 11.8 Å². The van der Waals surface area contributed by atoms with Gasteiger partial charge in [0, 0.05) is 33.7 Å². The van der Waals surface area contributed by atoms with Crippen LogP contribution in [0.15, 0.2) is 61.2 Å². The monoisotopic (exact) mass is 668 g/mol. The maximum atomic E-state index is 11.8. The first-order valence-corrected chi connectivity index (χ1v) is 15.9. The van der Waals surface area contributed by atoms with Crippen LogP contribution in [-0.2, 0) is 30.4 Å². The minimum Gasteiger partial charge on any atom is -0.444 e. The van der Waals surface area contributed by atoms with E-state index in [0.717, 1.165) is 16.7 Å². The molecule has 3 atom stereocenters. The van der Waals surface area contributed by atoms with Crippen molar-refractivity contribution in [3.05, 3.63) is 72.4 Å². The molecule has 1 rings (SSSR count). The van der Waals surface area contributed by atoms with E-state index in [9.17, 15) is 19.5 Å². The number of amides is 3. The van der Waals surface area contributed by atoms with Crippen molar-refractivity contribution < 1.29 is 33.7 Å². The molecule has 0 aliphatic rings. The highest BCUT2D eigenvalue weighted by Crippen LogP contribution is 2.19. The Morgan fingerprint density at radius 1 is 1.09 bits per heavy atom. The number of hydrogen-bond donors (Lipinski definition) is 6. The number of ether oxygens (including phenoxy) is 3. The SMILES string of the molecule is C=C/C=C(\C=C)CNC(=O)CNC(=O)C(CC(O)CN)OC.CC.CCC.COCc1cccc(C(S)NC(=O)OC(C)(C)C)c1. The number of allylic oxidation sites excluding steroid dienone is 2. The van der Waals surface area contributed by atoms with Crippen molar-refractivity contribution in [2.75, 3.05) is 33.9 Å². The van der Waals surface area contributed by atoms with Gasteiger partial charge in [0.25, 0.3) is 0 Å². The van der Waals surface area contributed by atoms with Gasteiger partial charge in [-0.25, -0.2) is 4.79 Å². The predicted octanol–water partition coefficient (Wildman–Crippen LogP) is 4.97. The maximum absolute atomic E-state index is 11.8. The minimum atomic E-state index is -0.851. The van der Waals surface area contributed by atoms with Gasteiger partial charge >= 0.3 is 6.09 Å². The van der Waals surface area contributed by atoms with Crippen molar-refractivity contribution in [1.29, 1.82) is 0 Å². The van der Waals surface area contributed by atoms with Gasteiger partial charge in [0.15, 0.2) is 0 Å². The summed E-state index contributed by atoms with van der Waals surface area (Å²) in [6.45, 7) is 21.6. The molecule has 0 spiro atoms. The van der Waals surface area contributed by atoms with Crippen LogP contribution in [0, 0.1) is 0 Å². The number of nitrogens with one attached hydrogen (secondary N) is 3. The predicted molar refractivity (Wildman–Crippen MR) is 191 cm³/mol. The molecule has 0 aliphatic heterocycles. The van der Waals surface area contributed by atoms with E-state index < -0.39 is 35.2 Å². The molecular formula is C34H60N4O7S. The number of methoxy groups -OCH3 is 2. The molecule has 1 aromatic carbocycles. The van der Waals surface area contributed by atoms with E-state index in [-0.39, 0.29) is 25.4 Å². The zero-order chi connectivity index (χ0) is 36.1. The molecule has 0 fully saturated rings. The molecule has 12 heteroatoms. The topological polar surface area (TPSA) is 161 Å². The van der Waals surface area contributed by atoms with Gasteiger partial charge < -0.3 is 41.0 Å². The van der Waals surface area contributed by atoms with Crippen LogP contribution < -0.4 is 21.7 Å². The zero-order valence-corrected chi connectivity index (χ0v) is 30.2. The number of thiol groups is 1. The first kappa shape index (κ1) is 47.2. The third kappa shape index (κ3) is 26.1. The highest BCUT2D eigenvalue weighted by Gasteiger charge is 2.21. The summed E-state index contributed by atoms with van der Waals surface area (Å²) in [7, 11) is 2.99. The average molecular weight is 669 g/mol. The number of benzene rings is 1. The Labute approximate surface area is 282 Å². The van der Waals surface area contributed by atoms with Gasteiger partial charge in [-0.1, -0.05) is 89.8 Å². The number of carbonyl (C=O) groups is 3. The van der Waals surface area contributed by atoms with Crippen LogP contribution in [0.5, 0.6) is 0 Å². The van der Waals surface area contributed by atoms with Crippen LogP contribution >= 0.6 is 12.6 Å². The normalized spacial score (nSPS) is 12.5. The van der Waals surface area contributed by atoms with Crippen LogP contribution in [0.4, 0.5) is 4.79 Å². The van der Waals surface area contributed by atoms with Gasteiger partial charge in [-0.2, -0.15) is 0 Å². The van der Waals surface area contributed by atoms with E-state index >= 15 is 0 Å². The van der Waals surface area contributed by atoms with Gasteiger partial charge in [0.05, 0.1) is 19.3 Å². The lowest BCUT2D eigenvalue weighted by atomic mass is 10.1. The Kier molecular flexibility index (Phi) is 30.1. The quantitative estimate of drug-likeness (QED) is 0.0868. The molecule has 1 aromatic rings.